The number of benzene rings is 1. The van der Waals surface area contributed by atoms with Crippen molar-refractivity contribution in [1.29, 1.82) is 0 Å². The fourth-order valence-corrected chi connectivity index (χ4v) is 5.05. The molecule has 11 heteroatoms. The second-order valence-electron chi connectivity index (χ2n) is 9.10. The van der Waals surface area contributed by atoms with E-state index in [2.05, 4.69) is 44.3 Å². The van der Waals surface area contributed by atoms with Gasteiger partial charge in [-0.05, 0) is 37.2 Å². The van der Waals surface area contributed by atoms with Crippen molar-refractivity contribution in [1.82, 2.24) is 35.0 Å². The number of piperazine rings is 1. The van der Waals surface area contributed by atoms with Crippen LogP contribution in [0.15, 0.2) is 29.2 Å². The van der Waals surface area contributed by atoms with Gasteiger partial charge >= 0.3 is 0 Å². The molecule has 2 aromatic heterocycles. The van der Waals surface area contributed by atoms with E-state index in [1.54, 1.807) is 12.3 Å². The molecule has 9 nitrogen and oxygen atoms in total. The molecule has 0 radical (unpaired) electrons. The normalized spacial score (nSPS) is 18.2. The summed E-state index contributed by atoms with van der Waals surface area (Å²) in [5.74, 6) is -0.223. The Morgan fingerprint density at radius 3 is 2.79 bits per heavy atom. The lowest BCUT2D eigenvalue weighted by molar-refractivity contribution is 0.147. The van der Waals surface area contributed by atoms with Gasteiger partial charge in [0, 0.05) is 45.7 Å². The number of rotatable bonds is 5. The van der Waals surface area contributed by atoms with Crippen LogP contribution in [0.1, 0.15) is 35.5 Å². The van der Waals surface area contributed by atoms with Crippen LogP contribution in [0.3, 0.4) is 0 Å². The first-order valence-corrected chi connectivity index (χ1v) is 11.9. The smallest absolute Gasteiger partial charge is 0.285 e. The molecule has 2 aliphatic heterocycles. The number of hydrogen-bond acceptors (Lipinski definition) is 7. The lowest BCUT2D eigenvalue weighted by Gasteiger charge is -2.33. The molecule has 1 N–H and O–H groups in total. The number of halogens is 2. The van der Waals surface area contributed by atoms with E-state index in [1.165, 1.54) is 6.07 Å². The Kier molecular flexibility index (Phi) is 6.37. The number of H-pyrrole nitrogens is 1. The molecule has 1 aromatic carbocycles. The molecule has 0 bridgehead atoms. The largest absolute Gasteiger partial charge is 0.362 e. The maximum absolute atomic E-state index is 14.2. The highest BCUT2D eigenvalue weighted by Gasteiger charge is 2.27. The van der Waals surface area contributed by atoms with Gasteiger partial charge < -0.3 is 9.80 Å². The van der Waals surface area contributed by atoms with E-state index < -0.39 is 5.56 Å². The second-order valence-corrected chi connectivity index (χ2v) is 9.47. The van der Waals surface area contributed by atoms with E-state index in [0.29, 0.717) is 31.7 Å². The van der Waals surface area contributed by atoms with Gasteiger partial charge in [0.05, 0.1) is 30.2 Å². The zero-order chi connectivity index (χ0) is 23.8. The maximum Gasteiger partial charge on any atom is 0.285 e. The Morgan fingerprint density at radius 2 is 2.00 bits per heavy atom. The summed E-state index contributed by atoms with van der Waals surface area (Å²) in [7, 11) is 2.13. The first-order chi connectivity index (χ1) is 16.4. The summed E-state index contributed by atoms with van der Waals surface area (Å²) in [6.45, 7) is 7.91. The minimum atomic E-state index is -0.411. The highest BCUT2D eigenvalue weighted by atomic mass is 35.5. The van der Waals surface area contributed by atoms with Crippen LogP contribution in [-0.4, -0.2) is 74.8 Å². The number of nitrogens with one attached hydrogen (secondary N) is 1. The molecule has 2 aliphatic rings. The van der Waals surface area contributed by atoms with Crippen LogP contribution < -0.4 is 10.5 Å². The first kappa shape index (κ1) is 22.9. The van der Waals surface area contributed by atoms with Crippen LogP contribution in [0.5, 0.6) is 0 Å². The van der Waals surface area contributed by atoms with Crippen LogP contribution >= 0.6 is 11.6 Å². The van der Waals surface area contributed by atoms with Crippen molar-refractivity contribution in [2.24, 2.45) is 0 Å². The van der Waals surface area contributed by atoms with Gasteiger partial charge in [0.2, 0.25) is 0 Å². The number of anilines is 1. The summed E-state index contributed by atoms with van der Waals surface area (Å²) >= 11 is 6.20. The third-order valence-corrected chi connectivity index (χ3v) is 7.23. The Balaban J connectivity index is 1.39. The average molecular weight is 487 g/mol. The Bertz CT molecular complexity index is 1240. The number of hydrogen-bond donors (Lipinski definition) is 1. The molecule has 4 heterocycles. The van der Waals surface area contributed by atoms with Crippen molar-refractivity contribution in [3.8, 4) is 0 Å². The van der Waals surface area contributed by atoms with E-state index in [9.17, 15) is 9.18 Å². The predicted molar refractivity (Wildman–Crippen MR) is 128 cm³/mol. The lowest BCUT2D eigenvalue weighted by atomic mass is 9.99. The van der Waals surface area contributed by atoms with E-state index in [4.69, 9.17) is 11.6 Å². The topological polar surface area (TPSA) is 86.2 Å². The number of fused-ring (bicyclic) bond motifs is 1. The van der Waals surface area contributed by atoms with Crippen molar-refractivity contribution < 1.29 is 4.39 Å². The molecule has 0 saturated carbocycles. The molecule has 34 heavy (non-hydrogen) atoms. The summed E-state index contributed by atoms with van der Waals surface area (Å²) < 4.78 is 16.1. The summed E-state index contributed by atoms with van der Waals surface area (Å²) in [5, 5.41) is 15.3. The Labute approximate surface area is 202 Å². The quantitative estimate of drug-likeness (QED) is 0.590. The number of nitrogens with zero attached hydrogens (tertiary/aromatic N) is 7. The predicted octanol–water partition coefficient (Wildman–Crippen LogP) is 2.07. The molecule has 5 rings (SSSR count). The van der Waals surface area contributed by atoms with E-state index in [-0.39, 0.29) is 16.9 Å². The van der Waals surface area contributed by atoms with Crippen molar-refractivity contribution in [3.63, 3.8) is 0 Å². The summed E-state index contributed by atoms with van der Waals surface area (Å²) in [4.78, 5) is 18.5. The maximum atomic E-state index is 14.2. The zero-order valence-corrected chi connectivity index (χ0v) is 20.1. The second kappa shape index (κ2) is 9.44. The molecule has 1 saturated heterocycles. The molecule has 1 fully saturated rings. The number of likely N-dealkylation sites (N-methyl/N-ethyl adjacent to an activating group) is 1. The SMILES string of the molecule is C[C@@H](c1ccc(F)cc1CN1CCN(C)CC1)n1nnc2c1CCN(c1cn[nH]c(=O)c1Cl)C2. The molecule has 1 atom stereocenters. The molecule has 180 valence electrons. The van der Waals surface area contributed by atoms with Crippen LogP contribution in [-0.2, 0) is 19.5 Å². The summed E-state index contributed by atoms with van der Waals surface area (Å²) in [6.07, 6.45) is 2.26. The van der Waals surface area contributed by atoms with Crippen LogP contribution in [0.2, 0.25) is 5.02 Å². The monoisotopic (exact) mass is 486 g/mol. The summed E-state index contributed by atoms with van der Waals surface area (Å²) in [6, 6.07) is 4.95. The van der Waals surface area contributed by atoms with Crippen molar-refractivity contribution >= 4 is 17.3 Å². The van der Waals surface area contributed by atoms with Gasteiger partial charge in [-0.1, -0.05) is 22.9 Å². The average Bonchev–Trinajstić information content (AvgIpc) is 3.25. The van der Waals surface area contributed by atoms with Gasteiger partial charge in [0.25, 0.3) is 5.56 Å². The van der Waals surface area contributed by atoms with Crippen LogP contribution in [0, 0.1) is 5.82 Å². The summed E-state index contributed by atoms with van der Waals surface area (Å²) in [5.41, 5.74) is 4.11. The number of aromatic nitrogens is 5. The molecule has 0 spiro atoms. The van der Waals surface area contributed by atoms with E-state index in [1.807, 2.05) is 15.6 Å². The van der Waals surface area contributed by atoms with Gasteiger partial charge in [-0.15, -0.1) is 5.10 Å². The first-order valence-electron chi connectivity index (χ1n) is 11.5. The van der Waals surface area contributed by atoms with Gasteiger partial charge in [-0.2, -0.15) is 5.10 Å². The number of aromatic amines is 1. The fourth-order valence-electron chi connectivity index (χ4n) is 4.84. The van der Waals surface area contributed by atoms with Crippen LogP contribution in [0.25, 0.3) is 0 Å². The van der Waals surface area contributed by atoms with Crippen molar-refractivity contribution in [2.75, 3.05) is 44.7 Å². The lowest BCUT2D eigenvalue weighted by Crippen LogP contribution is -2.44. The standard InChI is InChI=1S/C23H28ClFN8O/c1-15(18-4-3-17(25)11-16(18)13-31-9-7-30(2)8-10-31)33-20-5-6-32(14-19(20)27-29-33)21-12-26-28-23(34)22(21)24/h3-4,11-12,15H,5-10,13-14H2,1-2H3,(H,28,34)/t15-/m0/s1. The van der Waals surface area contributed by atoms with E-state index >= 15 is 0 Å². The molecule has 0 aliphatic carbocycles. The van der Waals surface area contributed by atoms with Crippen LogP contribution in [0.4, 0.5) is 10.1 Å². The fraction of sp³-hybridized carbons (Fsp3) is 0.478. The molecular formula is C23H28ClFN8O. The molecule has 3 aromatic rings. The minimum absolute atomic E-state index is 0.0873. The van der Waals surface area contributed by atoms with Gasteiger partial charge in [-0.25, -0.2) is 14.2 Å². The van der Waals surface area contributed by atoms with Crippen molar-refractivity contribution in [2.45, 2.75) is 32.5 Å². The van der Waals surface area contributed by atoms with Crippen molar-refractivity contribution in [3.05, 3.63) is 68.1 Å². The third kappa shape index (κ3) is 4.45. The Hall–Kier alpha value is -2.82. The Morgan fingerprint density at radius 1 is 1.21 bits per heavy atom. The van der Waals surface area contributed by atoms with Gasteiger partial charge in [0.15, 0.2) is 0 Å². The zero-order valence-electron chi connectivity index (χ0n) is 19.3. The van der Waals surface area contributed by atoms with Gasteiger partial charge in [-0.3, -0.25) is 9.69 Å². The van der Waals surface area contributed by atoms with E-state index in [0.717, 1.165) is 48.7 Å². The highest BCUT2D eigenvalue weighted by molar-refractivity contribution is 6.32. The molecule has 0 amide bonds. The molecule has 0 unspecified atom stereocenters. The van der Waals surface area contributed by atoms with Gasteiger partial charge in [0.1, 0.15) is 16.5 Å². The third-order valence-electron chi connectivity index (χ3n) is 6.86. The highest BCUT2D eigenvalue weighted by Crippen LogP contribution is 2.30. The minimum Gasteiger partial charge on any atom is -0.362 e. The molecular weight excluding hydrogens is 459 g/mol.